The second kappa shape index (κ2) is 9.91. The van der Waals surface area contributed by atoms with E-state index in [1.54, 1.807) is 0 Å². The highest BCUT2D eigenvalue weighted by molar-refractivity contribution is 5.33. The van der Waals surface area contributed by atoms with Gasteiger partial charge in [-0.25, -0.2) is 0 Å². The second-order valence-corrected chi connectivity index (χ2v) is 8.31. The molecule has 1 aromatic rings. The Balaban J connectivity index is 1.41. The van der Waals surface area contributed by atoms with E-state index in [0.29, 0.717) is 12.3 Å². The summed E-state index contributed by atoms with van der Waals surface area (Å²) in [5.41, 5.74) is 2.19. The summed E-state index contributed by atoms with van der Waals surface area (Å²) < 4.78 is 12.1. The summed E-state index contributed by atoms with van der Waals surface area (Å²) in [4.78, 5) is 0. The first-order chi connectivity index (χ1) is 12.8. The third-order valence-corrected chi connectivity index (χ3v) is 6.75. The van der Waals surface area contributed by atoms with Crippen molar-refractivity contribution in [3.8, 4) is 6.07 Å². The summed E-state index contributed by atoms with van der Waals surface area (Å²) in [5, 5.41) is 8.94. The van der Waals surface area contributed by atoms with Crippen LogP contribution in [0.15, 0.2) is 36.4 Å². The Hall–Kier alpha value is -1.62. The van der Waals surface area contributed by atoms with Crippen LogP contribution in [0.4, 0.5) is 4.39 Å². The Morgan fingerprint density at radius 1 is 0.885 bits per heavy atom. The first-order valence-electron chi connectivity index (χ1n) is 10.5. The van der Waals surface area contributed by atoms with Gasteiger partial charge in [-0.15, -0.1) is 0 Å². The van der Waals surface area contributed by atoms with Gasteiger partial charge < -0.3 is 0 Å². The molecule has 2 heteroatoms. The summed E-state index contributed by atoms with van der Waals surface area (Å²) in [6, 6.07) is 10.5. The van der Waals surface area contributed by atoms with Crippen LogP contribution in [-0.2, 0) is 0 Å². The van der Waals surface area contributed by atoms with Gasteiger partial charge in [0.05, 0.1) is 18.3 Å². The standard InChI is InChI=1S/C24H32FN/c25-17-3-1-2-4-19-5-9-21(10-6-19)23-13-15-24(16-14-23)22-11-7-20(18-26)8-12-22/h1-2,7-8,11-12,19,21,23-24H,3-6,9-10,13-17H2/b2-1+/t19-,21-,23?,24?. The lowest BCUT2D eigenvalue weighted by Crippen LogP contribution is -2.25. The fraction of sp³-hybridized carbons (Fsp3) is 0.625. The Bertz CT molecular complexity index is 596. The number of benzene rings is 1. The molecule has 0 bridgehead atoms. The van der Waals surface area contributed by atoms with Crippen LogP contribution in [0.3, 0.4) is 0 Å². The van der Waals surface area contributed by atoms with Gasteiger partial charge in [-0.3, -0.25) is 4.39 Å². The zero-order valence-corrected chi connectivity index (χ0v) is 15.9. The molecule has 0 aromatic heterocycles. The van der Waals surface area contributed by atoms with Crippen LogP contribution in [0.5, 0.6) is 0 Å². The second-order valence-electron chi connectivity index (χ2n) is 8.31. The minimum Gasteiger partial charge on any atom is -0.251 e. The van der Waals surface area contributed by atoms with Crippen LogP contribution in [0.1, 0.15) is 81.3 Å². The molecule has 140 valence electrons. The molecule has 2 saturated carbocycles. The molecule has 0 amide bonds. The Morgan fingerprint density at radius 3 is 2.08 bits per heavy atom. The summed E-state index contributed by atoms with van der Waals surface area (Å²) in [6.07, 6.45) is 16.8. The fourth-order valence-electron chi connectivity index (χ4n) is 5.12. The Labute approximate surface area is 158 Å². The molecule has 26 heavy (non-hydrogen) atoms. The van der Waals surface area contributed by atoms with E-state index in [4.69, 9.17) is 5.26 Å². The summed E-state index contributed by atoms with van der Waals surface area (Å²) in [7, 11) is 0. The van der Waals surface area contributed by atoms with Crippen LogP contribution >= 0.6 is 0 Å². The highest BCUT2D eigenvalue weighted by Crippen LogP contribution is 2.44. The quantitative estimate of drug-likeness (QED) is 0.508. The van der Waals surface area contributed by atoms with Gasteiger partial charge in [0.15, 0.2) is 0 Å². The third-order valence-electron chi connectivity index (χ3n) is 6.75. The molecule has 0 aliphatic heterocycles. The van der Waals surface area contributed by atoms with Crippen molar-refractivity contribution < 1.29 is 4.39 Å². The first-order valence-corrected chi connectivity index (χ1v) is 10.5. The van der Waals surface area contributed by atoms with Gasteiger partial charge >= 0.3 is 0 Å². The molecule has 2 aliphatic rings. The van der Waals surface area contributed by atoms with E-state index in [0.717, 1.165) is 29.7 Å². The zero-order chi connectivity index (χ0) is 18.2. The number of nitriles is 1. The van der Waals surface area contributed by atoms with Crippen molar-refractivity contribution in [2.45, 2.75) is 70.1 Å². The zero-order valence-electron chi connectivity index (χ0n) is 15.9. The van der Waals surface area contributed by atoms with Crippen molar-refractivity contribution in [2.75, 3.05) is 6.67 Å². The predicted octanol–water partition coefficient (Wildman–Crippen LogP) is 6.94. The van der Waals surface area contributed by atoms with Crippen molar-refractivity contribution in [2.24, 2.45) is 17.8 Å². The lowest BCUT2D eigenvalue weighted by atomic mass is 9.68. The van der Waals surface area contributed by atoms with E-state index >= 15 is 0 Å². The lowest BCUT2D eigenvalue weighted by Gasteiger charge is -2.38. The predicted molar refractivity (Wildman–Crippen MR) is 106 cm³/mol. The average molecular weight is 354 g/mol. The monoisotopic (exact) mass is 353 g/mol. The van der Waals surface area contributed by atoms with Crippen LogP contribution in [0, 0.1) is 29.1 Å². The van der Waals surface area contributed by atoms with Crippen molar-refractivity contribution >= 4 is 0 Å². The molecule has 0 heterocycles. The van der Waals surface area contributed by atoms with Gasteiger partial charge in [-0.1, -0.05) is 24.3 Å². The minimum absolute atomic E-state index is 0.228. The van der Waals surface area contributed by atoms with Crippen LogP contribution < -0.4 is 0 Å². The molecule has 2 fully saturated rings. The van der Waals surface area contributed by atoms with Crippen molar-refractivity contribution in [1.82, 2.24) is 0 Å². The average Bonchev–Trinajstić information content (AvgIpc) is 2.72. The molecular weight excluding hydrogens is 321 g/mol. The maximum absolute atomic E-state index is 12.1. The van der Waals surface area contributed by atoms with Crippen molar-refractivity contribution in [3.05, 3.63) is 47.5 Å². The molecule has 0 N–H and O–H groups in total. The van der Waals surface area contributed by atoms with E-state index in [-0.39, 0.29) is 6.67 Å². The lowest BCUT2D eigenvalue weighted by molar-refractivity contribution is 0.160. The van der Waals surface area contributed by atoms with Gasteiger partial charge in [0.25, 0.3) is 0 Å². The first kappa shape index (κ1) is 19.2. The molecule has 0 unspecified atom stereocenters. The van der Waals surface area contributed by atoms with Gasteiger partial charge in [-0.05, 0) is 106 Å². The smallest absolute Gasteiger partial charge is 0.0991 e. The number of rotatable bonds is 6. The largest absolute Gasteiger partial charge is 0.251 e. The number of hydrogen-bond donors (Lipinski definition) is 0. The highest BCUT2D eigenvalue weighted by Gasteiger charge is 2.30. The summed E-state index contributed by atoms with van der Waals surface area (Å²) in [6.45, 7) is -0.228. The molecule has 3 rings (SSSR count). The van der Waals surface area contributed by atoms with Crippen LogP contribution in [0.25, 0.3) is 0 Å². The highest BCUT2D eigenvalue weighted by atomic mass is 19.1. The molecule has 1 nitrogen and oxygen atoms in total. The van der Waals surface area contributed by atoms with Crippen molar-refractivity contribution in [3.63, 3.8) is 0 Å². The van der Waals surface area contributed by atoms with Gasteiger partial charge in [0, 0.05) is 0 Å². The number of hydrogen-bond acceptors (Lipinski definition) is 1. The topological polar surface area (TPSA) is 23.8 Å². The van der Waals surface area contributed by atoms with E-state index in [9.17, 15) is 4.39 Å². The Morgan fingerprint density at radius 2 is 1.50 bits per heavy atom. The van der Waals surface area contributed by atoms with Gasteiger partial charge in [0.1, 0.15) is 0 Å². The number of allylic oxidation sites excluding steroid dienone is 2. The van der Waals surface area contributed by atoms with E-state index < -0.39 is 0 Å². The van der Waals surface area contributed by atoms with Crippen LogP contribution in [-0.4, -0.2) is 6.67 Å². The maximum atomic E-state index is 12.1. The molecule has 0 atom stereocenters. The maximum Gasteiger partial charge on any atom is 0.0991 e. The molecule has 0 saturated heterocycles. The minimum atomic E-state index is -0.228. The normalized spacial score (nSPS) is 29.5. The Kier molecular flexibility index (Phi) is 7.30. The van der Waals surface area contributed by atoms with Crippen molar-refractivity contribution in [1.29, 1.82) is 5.26 Å². The molecule has 0 radical (unpaired) electrons. The number of halogens is 1. The summed E-state index contributed by atoms with van der Waals surface area (Å²) in [5.74, 6) is 3.38. The van der Waals surface area contributed by atoms with Gasteiger partial charge in [0.2, 0.25) is 0 Å². The molecular formula is C24H32FN. The third kappa shape index (κ3) is 5.19. The number of alkyl halides is 1. The van der Waals surface area contributed by atoms with Crippen LogP contribution in [0.2, 0.25) is 0 Å². The van der Waals surface area contributed by atoms with E-state index in [2.05, 4.69) is 24.3 Å². The fourth-order valence-corrected chi connectivity index (χ4v) is 5.12. The van der Waals surface area contributed by atoms with E-state index in [1.165, 1.54) is 56.9 Å². The molecule has 0 spiro atoms. The SMILES string of the molecule is N#Cc1ccc(C2CCC([C@H]3CC[C@H](C/C=C/CCF)CC3)CC2)cc1. The van der Waals surface area contributed by atoms with Gasteiger partial charge in [-0.2, -0.15) is 5.26 Å². The molecule has 1 aromatic carbocycles. The van der Waals surface area contributed by atoms with E-state index in [1.807, 2.05) is 18.2 Å². The summed E-state index contributed by atoms with van der Waals surface area (Å²) >= 11 is 0. The molecule has 2 aliphatic carbocycles. The number of nitrogens with zero attached hydrogens (tertiary/aromatic N) is 1.